The fourth-order valence-electron chi connectivity index (χ4n) is 0.748. The molecule has 0 aliphatic rings. The first kappa shape index (κ1) is 11.1. The van der Waals surface area contributed by atoms with Gasteiger partial charge in [0.05, 0.1) is 5.56 Å². The Bertz CT molecular complexity index is 304. The van der Waals surface area contributed by atoms with Crippen molar-refractivity contribution in [3.63, 3.8) is 0 Å². The second-order valence-corrected chi connectivity index (χ2v) is 2.01. The first-order valence-corrected chi connectivity index (χ1v) is 3.04. The van der Waals surface area contributed by atoms with Crippen LogP contribution in [0.5, 0.6) is 0 Å². The number of rotatable bonds is 2. The molecule has 0 spiro atoms. The van der Waals surface area contributed by atoms with Gasteiger partial charge in [0.25, 0.3) is 0 Å². The Morgan fingerprint density at radius 2 is 1.85 bits per heavy atom. The van der Waals surface area contributed by atoms with Crippen LogP contribution in [0.1, 0.15) is 20.8 Å². The van der Waals surface area contributed by atoms with Crippen molar-refractivity contribution < 1.29 is 19.8 Å². The van der Waals surface area contributed by atoms with E-state index in [0.717, 1.165) is 0 Å². The molecule has 6 heteroatoms. The zero-order chi connectivity index (χ0) is 9.14. The molecule has 0 aliphatic heterocycles. The van der Waals surface area contributed by atoms with E-state index in [-0.39, 0.29) is 11.7 Å². The highest BCUT2D eigenvalue weighted by Crippen LogP contribution is 2.04. The molecule has 2 N–H and O–H groups in total. The Morgan fingerprint density at radius 3 is 2.23 bits per heavy atom. The van der Waals surface area contributed by atoms with E-state index in [1.807, 2.05) is 0 Å². The van der Waals surface area contributed by atoms with Crippen molar-refractivity contribution in [3.8, 4) is 0 Å². The van der Waals surface area contributed by atoms with Crippen molar-refractivity contribution in [2.24, 2.45) is 0 Å². The first-order chi connectivity index (χ1) is 5.63. The van der Waals surface area contributed by atoms with E-state index >= 15 is 0 Å². The Labute approximate surface area is 73.4 Å². The molecule has 0 amide bonds. The van der Waals surface area contributed by atoms with Crippen molar-refractivity contribution in [2.45, 2.75) is 0 Å². The van der Waals surface area contributed by atoms with Crippen LogP contribution in [0.2, 0.25) is 0 Å². The van der Waals surface area contributed by atoms with Gasteiger partial charge in [-0.25, -0.2) is 14.6 Å². The summed E-state index contributed by atoms with van der Waals surface area (Å²) in [6.45, 7) is 0. The molecular formula is C7H5N2O4. The molecular weight excluding hydrogens is 176 g/mol. The second-order valence-electron chi connectivity index (χ2n) is 2.01. The van der Waals surface area contributed by atoms with Gasteiger partial charge in [-0.2, -0.15) is 0 Å². The SMILES string of the molecule is O=C(O)c1cccnc1C(=O)O.[N]. The third kappa shape index (κ3) is 2.24. The van der Waals surface area contributed by atoms with Gasteiger partial charge < -0.3 is 10.2 Å². The molecule has 0 saturated carbocycles. The van der Waals surface area contributed by atoms with Crippen LogP contribution in [0.3, 0.4) is 0 Å². The molecule has 0 atom stereocenters. The number of hydrogen-bond donors (Lipinski definition) is 2. The van der Waals surface area contributed by atoms with Crippen molar-refractivity contribution in [2.75, 3.05) is 0 Å². The summed E-state index contributed by atoms with van der Waals surface area (Å²) < 4.78 is 0. The van der Waals surface area contributed by atoms with Crippen molar-refractivity contribution in [1.82, 2.24) is 11.1 Å². The maximum absolute atomic E-state index is 10.4. The number of carboxylic acids is 2. The second kappa shape index (κ2) is 4.17. The average Bonchev–Trinajstić information content (AvgIpc) is 2.04. The summed E-state index contributed by atoms with van der Waals surface area (Å²) in [4.78, 5) is 24.2. The summed E-state index contributed by atoms with van der Waals surface area (Å²) in [7, 11) is 0. The number of aromatic carboxylic acids is 2. The molecule has 67 valence electrons. The molecule has 0 aliphatic carbocycles. The summed E-state index contributed by atoms with van der Waals surface area (Å²) in [5.74, 6) is -2.63. The highest BCUT2D eigenvalue weighted by Gasteiger charge is 2.15. The third-order valence-corrected chi connectivity index (χ3v) is 1.24. The minimum absolute atomic E-state index is 0. The minimum atomic E-state index is -1.34. The predicted octanol–water partition coefficient (Wildman–Crippen LogP) is -0.00260. The van der Waals surface area contributed by atoms with Crippen molar-refractivity contribution in [3.05, 3.63) is 29.6 Å². The standard InChI is InChI=1S/C7H5NO4.N/c9-6(10)4-2-1-3-8-5(4)7(11)12;/h1-3H,(H,9,10)(H,11,12);. The third-order valence-electron chi connectivity index (χ3n) is 1.24. The van der Waals surface area contributed by atoms with Gasteiger partial charge in [0.1, 0.15) is 0 Å². The summed E-state index contributed by atoms with van der Waals surface area (Å²) in [6.07, 6.45) is 1.23. The minimum Gasteiger partial charge on any atom is -0.478 e. The van der Waals surface area contributed by atoms with Crippen molar-refractivity contribution in [1.29, 1.82) is 0 Å². The van der Waals surface area contributed by atoms with E-state index in [4.69, 9.17) is 10.2 Å². The van der Waals surface area contributed by atoms with Gasteiger partial charge in [-0.3, -0.25) is 0 Å². The molecule has 3 radical (unpaired) electrons. The topological polar surface area (TPSA) is 118 Å². The Morgan fingerprint density at radius 1 is 1.23 bits per heavy atom. The van der Waals surface area contributed by atoms with Gasteiger partial charge in [0.2, 0.25) is 0 Å². The molecule has 1 heterocycles. The quantitative estimate of drug-likeness (QED) is 0.665. The average molecular weight is 181 g/mol. The van der Waals surface area contributed by atoms with Crippen LogP contribution >= 0.6 is 0 Å². The van der Waals surface area contributed by atoms with Gasteiger partial charge in [-0.15, -0.1) is 0 Å². The first-order valence-electron chi connectivity index (χ1n) is 3.04. The van der Waals surface area contributed by atoms with Gasteiger partial charge in [-0.05, 0) is 12.1 Å². The number of pyridine rings is 1. The molecule has 6 nitrogen and oxygen atoms in total. The fraction of sp³-hybridized carbons (Fsp3) is 0. The summed E-state index contributed by atoms with van der Waals surface area (Å²) >= 11 is 0. The van der Waals surface area contributed by atoms with E-state index in [1.54, 1.807) is 0 Å². The van der Waals surface area contributed by atoms with Crippen LogP contribution in [0.4, 0.5) is 0 Å². The molecule has 1 rings (SSSR count). The molecule has 0 fully saturated rings. The van der Waals surface area contributed by atoms with Gasteiger partial charge in [-0.1, -0.05) is 0 Å². The van der Waals surface area contributed by atoms with Gasteiger partial charge >= 0.3 is 11.9 Å². The summed E-state index contributed by atoms with van der Waals surface area (Å²) in [5, 5.41) is 17.0. The molecule has 0 unspecified atom stereocenters. The molecule has 13 heavy (non-hydrogen) atoms. The highest BCUT2D eigenvalue weighted by molar-refractivity contribution is 5.99. The molecule has 1 aromatic heterocycles. The number of hydrogen-bond acceptors (Lipinski definition) is 3. The Balaban J connectivity index is 0.00000144. The number of aromatic nitrogens is 1. The van der Waals surface area contributed by atoms with E-state index in [2.05, 4.69) is 4.98 Å². The van der Waals surface area contributed by atoms with E-state index in [1.165, 1.54) is 18.3 Å². The maximum Gasteiger partial charge on any atom is 0.355 e. The van der Waals surface area contributed by atoms with Crippen LogP contribution in [0.25, 0.3) is 0 Å². The lowest BCUT2D eigenvalue weighted by Gasteiger charge is -1.97. The largest absolute Gasteiger partial charge is 0.478 e. The number of nitrogens with zero attached hydrogens (tertiary/aromatic N) is 2. The molecule has 1 aromatic rings. The van der Waals surface area contributed by atoms with E-state index in [0.29, 0.717) is 0 Å². The molecule has 0 aromatic carbocycles. The maximum atomic E-state index is 10.4. The zero-order valence-corrected chi connectivity index (χ0v) is 6.34. The predicted molar refractivity (Wildman–Crippen MR) is 40.3 cm³/mol. The Hall–Kier alpha value is -1.95. The number of carboxylic acid groups (broad SMARTS) is 2. The summed E-state index contributed by atoms with van der Waals surface area (Å²) in [6, 6.07) is 2.56. The van der Waals surface area contributed by atoms with Gasteiger partial charge in [0.15, 0.2) is 5.69 Å². The van der Waals surface area contributed by atoms with Crippen LogP contribution in [0.15, 0.2) is 18.3 Å². The van der Waals surface area contributed by atoms with E-state index in [9.17, 15) is 9.59 Å². The van der Waals surface area contributed by atoms with Crippen LogP contribution in [-0.2, 0) is 0 Å². The van der Waals surface area contributed by atoms with Crippen LogP contribution < -0.4 is 6.15 Å². The Kier molecular flexibility index (Phi) is 3.54. The highest BCUT2D eigenvalue weighted by atomic mass is 16.4. The fourth-order valence-corrected chi connectivity index (χ4v) is 0.748. The van der Waals surface area contributed by atoms with E-state index < -0.39 is 17.6 Å². The lowest BCUT2D eigenvalue weighted by atomic mass is 10.2. The summed E-state index contributed by atoms with van der Waals surface area (Å²) in [5.41, 5.74) is -0.741. The van der Waals surface area contributed by atoms with Crippen LogP contribution in [-0.4, -0.2) is 27.1 Å². The normalized spacial score (nSPS) is 8.62. The zero-order valence-electron chi connectivity index (χ0n) is 6.34. The van der Waals surface area contributed by atoms with Crippen LogP contribution in [0, 0.1) is 0 Å². The van der Waals surface area contributed by atoms with Gasteiger partial charge in [0, 0.05) is 12.3 Å². The lowest BCUT2D eigenvalue weighted by molar-refractivity contribution is 0.0646. The number of carbonyl (C=O) groups is 2. The lowest BCUT2D eigenvalue weighted by Crippen LogP contribution is -2.09. The monoisotopic (exact) mass is 181 g/mol. The molecule has 0 saturated heterocycles. The molecule has 0 bridgehead atoms. The van der Waals surface area contributed by atoms with Crippen molar-refractivity contribution >= 4 is 11.9 Å². The smallest absolute Gasteiger partial charge is 0.355 e.